The lowest BCUT2D eigenvalue weighted by molar-refractivity contribution is -0.137. The Kier molecular flexibility index (Phi) is 4.13. The van der Waals surface area contributed by atoms with Gasteiger partial charge in [0, 0.05) is 12.2 Å². The first-order valence-electron chi connectivity index (χ1n) is 6.11. The average Bonchev–Trinajstić information content (AvgIpc) is 2.45. The number of benzene rings is 2. The predicted octanol–water partition coefficient (Wildman–Crippen LogP) is 4.83. The van der Waals surface area contributed by atoms with Crippen LogP contribution in [0.5, 0.6) is 0 Å². The summed E-state index contributed by atoms with van der Waals surface area (Å²) in [6.07, 6.45) is -4.30. The second kappa shape index (κ2) is 5.82. The smallest absolute Gasteiger partial charge is 0.381 e. The summed E-state index contributed by atoms with van der Waals surface area (Å²) in [4.78, 5) is 0. The summed E-state index contributed by atoms with van der Waals surface area (Å²) >= 11 is 0. The summed E-state index contributed by atoms with van der Waals surface area (Å²) in [5, 5.41) is 3.05. The van der Waals surface area contributed by atoms with E-state index in [1.807, 2.05) is 30.3 Å². The molecule has 0 unspecified atom stereocenters. The van der Waals surface area contributed by atoms with E-state index in [4.69, 9.17) is 0 Å². The Morgan fingerprint density at radius 1 is 0.950 bits per heavy atom. The number of rotatable bonds is 4. The van der Waals surface area contributed by atoms with Gasteiger partial charge in [0.2, 0.25) is 0 Å². The first kappa shape index (κ1) is 14.2. The van der Waals surface area contributed by atoms with Gasteiger partial charge in [-0.25, -0.2) is 0 Å². The third-order valence-electron chi connectivity index (χ3n) is 2.90. The van der Waals surface area contributed by atoms with Gasteiger partial charge >= 0.3 is 6.18 Å². The molecule has 0 aliphatic rings. The normalized spacial score (nSPS) is 11.2. The quantitative estimate of drug-likeness (QED) is 0.844. The molecule has 0 aromatic heterocycles. The number of alkyl halides is 3. The molecule has 20 heavy (non-hydrogen) atoms. The first-order chi connectivity index (χ1) is 9.47. The number of halogens is 3. The van der Waals surface area contributed by atoms with Crippen molar-refractivity contribution in [1.82, 2.24) is 0 Å². The van der Waals surface area contributed by atoms with Crippen LogP contribution in [0.3, 0.4) is 0 Å². The van der Waals surface area contributed by atoms with Gasteiger partial charge in [-0.1, -0.05) is 36.9 Å². The van der Waals surface area contributed by atoms with Crippen molar-refractivity contribution in [3.63, 3.8) is 0 Å². The Morgan fingerprint density at radius 2 is 1.55 bits per heavy atom. The Bertz CT molecular complexity index is 571. The molecule has 0 heterocycles. The highest BCUT2D eigenvalue weighted by Crippen LogP contribution is 2.29. The maximum atomic E-state index is 12.4. The van der Waals surface area contributed by atoms with E-state index in [1.54, 1.807) is 0 Å². The molecule has 4 heteroatoms. The van der Waals surface area contributed by atoms with Gasteiger partial charge in [0.1, 0.15) is 0 Å². The topological polar surface area (TPSA) is 12.0 Å². The second-order valence-corrected chi connectivity index (χ2v) is 4.40. The molecule has 0 spiro atoms. The molecule has 2 rings (SSSR count). The Balaban J connectivity index is 1.96. The first-order valence-corrected chi connectivity index (χ1v) is 6.11. The van der Waals surface area contributed by atoms with Crippen LogP contribution in [0.2, 0.25) is 0 Å². The SMILES string of the molecule is C=C(CNc1ccc(C(F)(F)F)cc1)c1ccccc1. The minimum Gasteiger partial charge on any atom is -0.381 e. The number of hydrogen-bond acceptors (Lipinski definition) is 1. The van der Waals surface area contributed by atoms with Crippen molar-refractivity contribution in [2.24, 2.45) is 0 Å². The van der Waals surface area contributed by atoms with Crippen LogP contribution in [0, 0.1) is 0 Å². The van der Waals surface area contributed by atoms with E-state index in [-0.39, 0.29) is 0 Å². The van der Waals surface area contributed by atoms with Gasteiger partial charge in [-0.2, -0.15) is 13.2 Å². The molecule has 0 aliphatic heterocycles. The van der Waals surface area contributed by atoms with E-state index < -0.39 is 11.7 Å². The maximum Gasteiger partial charge on any atom is 0.416 e. The van der Waals surface area contributed by atoms with E-state index >= 15 is 0 Å². The molecule has 104 valence electrons. The van der Waals surface area contributed by atoms with E-state index in [1.165, 1.54) is 12.1 Å². The lowest BCUT2D eigenvalue weighted by Crippen LogP contribution is -2.06. The van der Waals surface area contributed by atoms with Crippen LogP contribution in [0.4, 0.5) is 18.9 Å². The largest absolute Gasteiger partial charge is 0.416 e. The summed E-state index contributed by atoms with van der Waals surface area (Å²) in [5.74, 6) is 0. The monoisotopic (exact) mass is 277 g/mol. The molecule has 0 aliphatic carbocycles. The van der Waals surface area contributed by atoms with Crippen molar-refractivity contribution >= 4 is 11.3 Å². The zero-order valence-electron chi connectivity index (χ0n) is 10.7. The van der Waals surface area contributed by atoms with Gasteiger partial charge in [0.15, 0.2) is 0 Å². The van der Waals surface area contributed by atoms with Crippen molar-refractivity contribution in [3.8, 4) is 0 Å². The fourth-order valence-electron chi connectivity index (χ4n) is 1.76. The molecular formula is C16H14F3N. The van der Waals surface area contributed by atoms with Gasteiger partial charge in [0.05, 0.1) is 5.56 Å². The van der Waals surface area contributed by atoms with Gasteiger partial charge in [-0.15, -0.1) is 0 Å². The van der Waals surface area contributed by atoms with Crippen LogP contribution in [0.1, 0.15) is 11.1 Å². The van der Waals surface area contributed by atoms with Gasteiger partial charge < -0.3 is 5.32 Å². The molecule has 1 nitrogen and oxygen atoms in total. The Hall–Kier alpha value is -2.23. The molecule has 0 fully saturated rings. The predicted molar refractivity (Wildman–Crippen MR) is 75.4 cm³/mol. The van der Waals surface area contributed by atoms with Crippen molar-refractivity contribution in [3.05, 3.63) is 72.3 Å². The molecule has 1 N–H and O–H groups in total. The molecular weight excluding hydrogens is 263 g/mol. The molecule has 2 aromatic rings. The summed E-state index contributed by atoms with van der Waals surface area (Å²) in [5.41, 5.74) is 1.87. The highest BCUT2D eigenvalue weighted by atomic mass is 19.4. The van der Waals surface area contributed by atoms with E-state index in [9.17, 15) is 13.2 Å². The molecule has 0 radical (unpaired) electrons. The number of nitrogens with one attached hydrogen (secondary N) is 1. The van der Waals surface area contributed by atoms with Crippen molar-refractivity contribution < 1.29 is 13.2 Å². The fraction of sp³-hybridized carbons (Fsp3) is 0.125. The fourth-order valence-corrected chi connectivity index (χ4v) is 1.76. The Morgan fingerprint density at radius 3 is 2.10 bits per heavy atom. The summed E-state index contributed by atoms with van der Waals surface area (Å²) in [7, 11) is 0. The van der Waals surface area contributed by atoms with Crippen molar-refractivity contribution in [2.45, 2.75) is 6.18 Å². The van der Waals surface area contributed by atoms with Crippen LogP contribution < -0.4 is 5.32 Å². The molecule has 2 aromatic carbocycles. The number of anilines is 1. The summed E-state index contributed by atoms with van der Waals surface area (Å²) in [6.45, 7) is 4.44. The molecule has 0 saturated carbocycles. The molecule has 0 amide bonds. The van der Waals surface area contributed by atoms with Crippen LogP contribution >= 0.6 is 0 Å². The maximum absolute atomic E-state index is 12.4. The highest BCUT2D eigenvalue weighted by molar-refractivity contribution is 5.67. The Labute approximate surface area is 115 Å². The van der Waals surface area contributed by atoms with Crippen molar-refractivity contribution in [1.29, 1.82) is 0 Å². The molecule has 0 saturated heterocycles. The third kappa shape index (κ3) is 3.63. The van der Waals surface area contributed by atoms with Gasteiger partial charge in [-0.05, 0) is 35.4 Å². The van der Waals surface area contributed by atoms with Crippen molar-refractivity contribution in [2.75, 3.05) is 11.9 Å². The van der Waals surface area contributed by atoms with Gasteiger partial charge in [0.25, 0.3) is 0 Å². The van der Waals surface area contributed by atoms with Gasteiger partial charge in [-0.3, -0.25) is 0 Å². The molecule has 0 bridgehead atoms. The third-order valence-corrected chi connectivity index (χ3v) is 2.90. The van der Waals surface area contributed by atoms with Crippen LogP contribution in [0.25, 0.3) is 5.57 Å². The summed E-state index contributed by atoms with van der Waals surface area (Å²) in [6, 6.07) is 14.6. The van der Waals surface area contributed by atoms with Crippen LogP contribution in [-0.2, 0) is 6.18 Å². The molecule has 0 atom stereocenters. The van der Waals surface area contributed by atoms with E-state index in [0.717, 1.165) is 23.3 Å². The minimum absolute atomic E-state index is 0.482. The van der Waals surface area contributed by atoms with Crippen LogP contribution in [-0.4, -0.2) is 6.54 Å². The second-order valence-electron chi connectivity index (χ2n) is 4.40. The standard InChI is InChI=1S/C16H14F3N/c1-12(13-5-3-2-4-6-13)11-20-15-9-7-14(8-10-15)16(17,18)19/h2-10,20H,1,11H2. The zero-order chi connectivity index (χ0) is 14.6. The van der Waals surface area contributed by atoms with Crippen LogP contribution in [0.15, 0.2) is 61.2 Å². The van der Waals surface area contributed by atoms with E-state index in [0.29, 0.717) is 12.2 Å². The number of hydrogen-bond donors (Lipinski definition) is 1. The average molecular weight is 277 g/mol. The zero-order valence-corrected chi connectivity index (χ0v) is 10.7. The lowest BCUT2D eigenvalue weighted by Gasteiger charge is -2.11. The lowest BCUT2D eigenvalue weighted by atomic mass is 10.1. The minimum atomic E-state index is -4.30. The summed E-state index contributed by atoms with van der Waals surface area (Å²) < 4.78 is 37.3. The van der Waals surface area contributed by atoms with E-state index in [2.05, 4.69) is 11.9 Å². The highest BCUT2D eigenvalue weighted by Gasteiger charge is 2.29.